The van der Waals surface area contributed by atoms with Gasteiger partial charge in [-0.2, -0.15) is 0 Å². The Hall–Kier alpha value is -3.22. The predicted octanol–water partition coefficient (Wildman–Crippen LogP) is 4.48. The van der Waals surface area contributed by atoms with E-state index >= 15 is 0 Å². The first-order valence-corrected chi connectivity index (χ1v) is 10.2. The number of nitrogens with one attached hydrogen (secondary N) is 2. The highest BCUT2D eigenvalue weighted by Crippen LogP contribution is 2.39. The molecule has 0 aliphatic heterocycles. The Kier molecular flexibility index (Phi) is 7.17. The van der Waals surface area contributed by atoms with E-state index in [1.165, 1.54) is 12.1 Å². The van der Waals surface area contributed by atoms with Crippen LogP contribution < -0.4 is 19.5 Å². The smallest absolute Gasteiger partial charge is 0.251 e. The third-order valence-electron chi connectivity index (χ3n) is 4.58. The van der Waals surface area contributed by atoms with Gasteiger partial charge in [0.05, 0.1) is 19.8 Å². The molecule has 0 saturated heterocycles. The van der Waals surface area contributed by atoms with Crippen LogP contribution in [-0.2, 0) is 6.42 Å². The maximum atomic E-state index is 13.3. The largest absolute Gasteiger partial charge is 0.490 e. The molecule has 1 amide bonds. The number of benzene rings is 2. The van der Waals surface area contributed by atoms with E-state index in [1.54, 1.807) is 18.2 Å². The van der Waals surface area contributed by atoms with Crippen LogP contribution in [0.3, 0.4) is 0 Å². The lowest BCUT2D eigenvalue weighted by atomic mass is 10.1. The molecule has 6 nitrogen and oxygen atoms in total. The number of aromatic amines is 1. The molecule has 1 aromatic heterocycles. The standard InChI is InChI=1S/C23H27FN2O4/c1-4-28-20-11-16(12-21(29-5-2)22(20)30-6-3)23(27)25-10-9-15-14-26-19-13-17(24)7-8-18(15)19/h7-8,11-14,26H,4-6,9-10H2,1-3H3,(H,25,27). The van der Waals surface area contributed by atoms with Crippen molar-refractivity contribution in [2.75, 3.05) is 26.4 Å². The monoisotopic (exact) mass is 414 g/mol. The second-order valence-electron chi connectivity index (χ2n) is 6.61. The number of hydrogen-bond donors (Lipinski definition) is 2. The highest BCUT2D eigenvalue weighted by molar-refractivity contribution is 5.95. The lowest BCUT2D eigenvalue weighted by Gasteiger charge is -2.17. The lowest BCUT2D eigenvalue weighted by Crippen LogP contribution is -2.25. The number of hydrogen-bond acceptors (Lipinski definition) is 4. The van der Waals surface area contributed by atoms with Crippen LogP contribution in [0.2, 0.25) is 0 Å². The molecule has 3 aromatic rings. The zero-order valence-electron chi connectivity index (χ0n) is 17.5. The Morgan fingerprint density at radius 1 is 1.00 bits per heavy atom. The zero-order valence-corrected chi connectivity index (χ0v) is 17.5. The first-order valence-electron chi connectivity index (χ1n) is 10.2. The third kappa shape index (κ3) is 4.84. The molecule has 0 bridgehead atoms. The van der Waals surface area contributed by atoms with Gasteiger partial charge in [-0.15, -0.1) is 0 Å². The topological polar surface area (TPSA) is 72.6 Å². The highest BCUT2D eigenvalue weighted by Gasteiger charge is 2.18. The number of rotatable bonds is 10. The Bertz CT molecular complexity index is 989. The zero-order chi connectivity index (χ0) is 21.5. The molecule has 0 spiro atoms. The predicted molar refractivity (Wildman–Crippen MR) is 114 cm³/mol. The van der Waals surface area contributed by atoms with E-state index in [4.69, 9.17) is 14.2 Å². The van der Waals surface area contributed by atoms with Gasteiger partial charge in [-0.25, -0.2) is 4.39 Å². The minimum atomic E-state index is -0.282. The molecule has 0 atom stereocenters. The van der Waals surface area contributed by atoms with Crippen LogP contribution in [0.5, 0.6) is 17.2 Å². The maximum Gasteiger partial charge on any atom is 0.251 e. The van der Waals surface area contributed by atoms with Gasteiger partial charge in [0.15, 0.2) is 11.5 Å². The number of aromatic nitrogens is 1. The molecule has 2 aromatic carbocycles. The van der Waals surface area contributed by atoms with Gasteiger partial charge in [0, 0.05) is 29.2 Å². The van der Waals surface area contributed by atoms with Crippen molar-refractivity contribution < 1.29 is 23.4 Å². The summed E-state index contributed by atoms with van der Waals surface area (Å²) in [7, 11) is 0. The number of amides is 1. The molecule has 2 N–H and O–H groups in total. The van der Waals surface area contributed by atoms with E-state index in [0.29, 0.717) is 55.6 Å². The molecule has 30 heavy (non-hydrogen) atoms. The van der Waals surface area contributed by atoms with Gasteiger partial charge >= 0.3 is 0 Å². The van der Waals surface area contributed by atoms with Crippen molar-refractivity contribution in [1.29, 1.82) is 0 Å². The minimum Gasteiger partial charge on any atom is -0.490 e. The van der Waals surface area contributed by atoms with Crippen LogP contribution in [0.4, 0.5) is 4.39 Å². The summed E-state index contributed by atoms with van der Waals surface area (Å²) in [5.41, 5.74) is 2.19. The van der Waals surface area contributed by atoms with E-state index in [0.717, 1.165) is 16.5 Å². The van der Waals surface area contributed by atoms with Crippen molar-refractivity contribution in [3.63, 3.8) is 0 Å². The first kappa shape index (κ1) is 21.5. The van der Waals surface area contributed by atoms with Crippen molar-refractivity contribution in [2.24, 2.45) is 0 Å². The van der Waals surface area contributed by atoms with Crippen molar-refractivity contribution in [3.05, 3.63) is 53.5 Å². The van der Waals surface area contributed by atoms with E-state index in [9.17, 15) is 9.18 Å². The molecule has 1 heterocycles. The van der Waals surface area contributed by atoms with Crippen LogP contribution in [0.25, 0.3) is 10.9 Å². The van der Waals surface area contributed by atoms with Gasteiger partial charge in [0.25, 0.3) is 5.91 Å². The molecular weight excluding hydrogens is 387 g/mol. The summed E-state index contributed by atoms with van der Waals surface area (Å²) in [5, 5.41) is 3.87. The van der Waals surface area contributed by atoms with Crippen molar-refractivity contribution in [3.8, 4) is 17.2 Å². The van der Waals surface area contributed by atoms with Gasteiger partial charge in [0.2, 0.25) is 5.75 Å². The molecule has 0 radical (unpaired) electrons. The second-order valence-corrected chi connectivity index (χ2v) is 6.61. The van der Waals surface area contributed by atoms with E-state index in [1.807, 2.05) is 27.0 Å². The fraction of sp³-hybridized carbons (Fsp3) is 0.348. The average Bonchev–Trinajstić information content (AvgIpc) is 3.12. The summed E-state index contributed by atoms with van der Waals surface area (Å²) in [5.74, 6) is 0.952. The van der Waals surface area contributed by atoms with E-state index in [2.05, 4.69) is 10.3 Å². The van der Waals surface area contributed by atoms with Gasteiger partial charge in [-0.3, -0.25) is 4.79 Å². The summed E-state index contributed by atoms with van der Waals surface area (Å²) < 4.78 is 30.3. The Labute approximate surface area is 175 Å². The van der Waals surface area contributed by atoms with Crippen LogP contribution in [0.15, 0.2) is 36.5 Å². The van der Waals surface area contributed by atoms with Crippen LogP contribution in [0.1, 0.15) is 36.7 Å². The molecule has 160 valence electrons. The third-order valence-corrected chi connectivity index (χ3v) is 4.58. The first-order chi connectivity index (χ1) is 14.6. The van der Waals surface area contributed by atoms with Crippen LogP contribution in [0, 0.1) is 5.82 Å². The second kappa shape index (κ2) is 10.0. The van der Waals surface area contributed by atoms with Gasteiger partial charge in [0.1, 0.15) is 5.82 Å². The van der Waals surface area contributed by atoms with Crippen molar-refractivity contribution in [1.82, 2.24) is 10.3 Å². The van der Waals surface area contributed by atoms with Gasteiger partial charge in [-0.05, 0) is 63.1 Å². The Balaban J connectivity index is 1.73. The fourth-order valence-electron chi connectivity index (χ4n) is 3.30. The molecule has 7 heteroatoms. The summed E-state index contributed by atoms with van der Waals surface area (Å²) in [6.07, 6.45) is 2.46. The molecular formula is C23H27FN2O4. The molecule has 0 fully saturated rings. The number of halogens is 1. The Morgan fingerprint density at radius 2 is 1.67 bits per heavy atom. The summed E-state index contributed by atoms with van der Waals surface area (Å²) in [4.78, 5) is 15.8. The van der Waals surface area contributed by atoms with Crippen molar-refractivity contribution in [2.45, 2.75) is 27.2 Å². The highest BCUT2D eigenvalue weighted by atomic mass is 19.1. The van der Waals surface area contributed by atoms with E-state index < -0.39 is 0 Å². The fourth-order valence-corrected chi connectivity index (χ4v) is 3.30. The lowest BCUT2D eigenvalue weighted by molar-refractivity contribution is 0.0953. The molecule has 0 aliphatic rings. The summed E-state index contributed by atoms with van der Waals surface area (Å²) >= 11 is 0. The minimum absolute atomic E-state index is 0.231. The number of fused-ring (bicyclic) bond motifs is 1. The van der Waals surface area contributed by atoms with Crippen molar-refractivity contribution >= 4 is 16.8 Å². The SMILES string of the molecule is CCOc1cc(C(=O)NCCc2c[nH]c3cc(F)ccc23)cc(OCC)c1OCC. The number of carbonyl (C=O) groups is 1. The maximum absolute atomic E-state index is 13.3. The van der Waals surface area contributed by atoms with Crippen LogP contribution >= 0.6 is 0 Å². The van der Waals surface area contributed by atoms with Gasteiger partial charge in [-0.1, -0.05) is 0 Å². The Morgan fingerprint density at radius 3 is 2.30 bits per heavy atom. The summed E-state index contributed by atoms with van der Waals surface area (Å²) in [6, 6.07) is 7.97. The quantitative estimate of drug-likeness (QED) is 0.513. The molecule has 3 rings (SSSR count). The number of carbonyl (C=O) groups excluding carboxylic acids is 1. The average molecular weight is 414 g/mol. The van der Waals surface area contributed by atoms with Gasteiger partial charge < -0.3 is 24.5 Å². The van der Waals surface area contributed by atoms with Crippen LogP contribution in [-0.4, -0.2) is 37.3 Å². The summed E-state index contributed by atoms with van der Waals surface area (Å²) in [6.45, 7) is 7.40. The molecule has 0 aliphatic carbocycles. The molecule has 0 unspecified atom stereocenters. The molecule has 0 saturated carbocycles. The van der Waals surface area contributed by atoms with E-state index in [-0.39, 0.29) is 11.7 Å². The number of H-pyrrole nitrogens is 1. The normalized spacial score (nSPS) is 10.8. The number of ether oxygens (including phenoxy) is 3.